The van der Waals surface area contributed by atoms with Crippen LogP contribution in [0.25, 0.3) is 22.1 Å². The first kappa shape index (κ1) is 23.2. The van der Waals surface area contributed by atoms with Gasteiger partial charge in [0.25, 0.3) is 0 Å². The van der Waals surface area contributed by atoms with Crippen LogP contribution >= 0.6 is 0 Å². The fraction of sp³-hybridized carbons (Fsp3) is 0.296. The predicted octanol–water partition coefficient (Wildman–Crippen LogP) is 6.42. The van der Waals surface area contributed by atoms with Gasteiger partial charge in [-0.05, 0) is 57.7 Å². The zero-order chi connectivity index (χ0) is 23.3. The minimum absolute atomic E-state index is 0.157. The van der Waals surface area contributed by atoms with E-state index in [0.717, 1.165) is 18.4 Å². The Kier molecular flexibility index (Phi) is 7.41. The van der Waals surface area contributed by atoms with E-state index < -0.39 is 0 Å². The molecule has 0 saturated heterocycles. The fourth-order valence-corrected chi connectivity index (χ4v) is 3.63. The average molecular weight is 435 g/mol. The van der Waals surface area contributed by atoms with Gasteiger partial charge in [0.1, 0.15) is 34.5 Å². The van der Waals surface area contributed by atoms with E-state index in [0.29, 0.717) is 34.6 Å². The number of hydrogen-bond donors (Lipinski definition) is 1. The quantitative estimate of drug-likeness (QED) is 0.414. The molecule has 3 rings (SSSR count). The molecule has 0 bridgehead atoms. The topological polar surface area (TPSA) is 68.9 Å². The second kappa shape index (κ2) is 10.2. The van der Waals surface area contributed by atoms with E-state index in [1.54, 1.807) is 38.5 Å². The van der Waals surface area contributed by atoms with Gasteiger partial charge in [-0.15, -0.1) is 0 Å². The first-order valence-electron chi connectivity index (χ1n) is 10.6. The van der Waals surface area contributed by atoms with Gasteiger partial charge in [0, 0.05) is 11.6 Å². The summed E-state index contributed by atoms with van der Waals surface area (Å²) in [7, 11) is 3.13. The van der Waals surface area contributed by atoms with Crippen molar-refractivity contribution < 1.29 is 19.0 Å². The molecule has 5 heteroatoms. The summed E-state index contributed by atoms with van der Waals surface area (Å²) in [5.41, 5.74) is 4.40. The van der Waals surface area contributed by atoms with Gasteiger partial charge in [-0.3, -0.25) is 4.79 Å². The number of aromatic hydroxyl groups is 1. The first-order valence-corrected chi connectivity index (χ1v) is 10.6. The summed E-state index contributed by atoms with van der Waals surface area (Å²) < 4.78 is 16.6. The summed E-state index contributed by atoms with van der Waals surface area (Å²) in [5, 5.41) is 10.8. The van der Waals surface area contributed by atoms with Gasteiger partial charge in [-0.1, -0.05) is 35.4 Å². The molecule has 0 unspecified atom stereocenters. The molecule has 1 aromatic heterocycles. The highest BCUT2D eigenvalue weighted by Crippen LogP contribution is 2.35. The Morgan fingerprint density at radius 2 is 1.78 bits per heavy atom. The van der Waals surface area contributed by atoms with Crippen molar-refractivity contribution in [2.45, 2.75) is 40.0 Å². The summed E-state index contributed by atoms with van der Waals surface area (Å²) in [6, 6.07) is 8.62. The van der Waals surface area contributed by atoms with E-state index in [1.165, 1.54) is 23.5 Å². The Morgan fingerprint density at radius 1 is 1.06 bits per heavy atom. The Hall–Kier alpha value is -3.47. The summed E-state index contributed by atoms with van der Waals surface area (Å²) in [6.45, 7) is 6.27. The maximum absolute atomic E-state index is 13.3. The summed E-state index contributed by atoms with van der Waals surface area (Å²) in [6.07, 6.45) is 8.25. The molecule has 32 heavy (non-hydrogen) atoms. The van der Waals surface area contributed by atoms with Crippen molar-refractivity contribution in [2.75, 3.05) is 14.2 Å². The van der Waals surface area contributed by atoms with Gasteiger partial charge in [-0.25, -0.2) is 0 Å². The number of ether oxygens (including phenoxy) is 2. The lowest BCUT2D eigenvalue weighted by molar-refractivity contribution is 0.403. The molecule has 0 aliphatic carbocycles. The van der Waals surface area contributed by atoms with Crippen molar-refractivity contribution in [1.82, 2.24) is 0 Å². The normalized spacial score (nSPS) is 11.5. The number of benzene rings is 2. The molecule has 0 aliphatic rings. The Morgan fingerprint density at radius 3 is 2.41 bits per heavy atom. The van der Waals surface area contributed by atoms with Gasteiger partial charge < -0.3 is 19.0 Å². The second-order valence-corrected chi connectivity index (χ2v) is 8.06. The molecule has 0 amide bonds. The zero-order valence-electron chi connectivity index (χ0n) is 19.3. The van der Waals surface area contributed by atoms with Crippen LogP contribution in [-0.4, -0.2) is 19.3 Å². The van der Waals surface area contributed by atoms with Crippen LogP contribution in [0.15, 0.2) is 69.1 Å². The summed E-state index contributed by atoms with van der Waals surface area (Å²) in [4.78, 5) is 13.3. The average Bonchev–Trinajstić information content (AvgIpc) is 2.78. The molecule has 2 aromatic carbocycles. The maximum atomic E-state index is 13.3. The van der Waals surface area contributed by atoms with Crippen LogP contribution in [0.5, 0.6) is 17.2 Å². The molecule has 0 aliphatic heterocycles. The molecule has 0 saturated carbocycles. The zero-order valence-corrected chi connectivity index (χ0v) is 19.3. The molecular formula is C27H30O5. The van der Waals surface area contributed by atoms with Gasteiger partial charge in [0.2, 0.25) is 5.43 Å². The molecule has 0 spiro atoms. The number of fused-ring (bicyclic) bond motifs is 1. The van der Waals surface area contributed by atoms with E-state index in [4.69, 9.17) is 13.9 Å². The Labute approximate surface area is 188 Å². The third-order valence-electron chi connectivity index (χ3n) is 5.46. The van der Waals surface area contributed by atoms with E-state index in [1.807, 2.05) is 0 Å². The number of methoxy groups -OCH3 is 2. The van der Waals surface area contributed by atoms with Crippen LogP contribution in [-0.2, 0) is 6.42 Å². The van der Waals surface area contributed by atoms with Crippen LogP contribution in [0.4, 0.5) is 0 Å². The van der Waals surface area contributed by atoms with Crippen molar-refractivity contribution in [2.24, 2.45) is 0 Å². The number of hydrogen-bond acceptors (Lipinski definition) is 5. The van der Waals surface area contributed by atoms with Crippen molar-refractivity contribution in [3.05, 3.63) is 75.7 Å². The first-order chi connectivity index (χ1) is 15.3. The number of phenolic OH excluding ortho intramolecular Hbond substituents is 1. The highest BCUT2D eigenvalue weighted by Gasteiger charge is 2.19. The van der Waals surface area contributed by atoms with Crippen LogP contribution in [0.1, 0.15) is 39.2 Å². The second-order valence-electron chi connectivity index (χ2n) is 8.06. The Balaban J connectivity index is 2.05. The lowest BCUT2D eigenvalue weighted by Gasteiger charge is -2.12. The van der Waals surface area contributed by atoms with E-state index in [-0.39, 0.29) is 16.6 Å². The van der Waals surface area contributed by atoms with E-state index in [9.17, 15) is 9.90 Å². The van der Waals surface area contributed by atoms with Crippen molar-refractivity contribution in [1.29, 1.82) is 0 Å². The molecule has 1 N–H and O–H groups in total. The van der Waals surface area contributed by atoms with Crippen LogP contribution in [0.3, 0.4) is 0 Å². The highest BCUT2D eigenvalue weighted by molar-refractivity contribution is 5.91. The molecular weight excluding hydrogens is 404 g/mol. The monoisotopic (exact) mass is 434 g/mol. The van der Waals surface area contributed by atoms with E-state index in [2.05, 4.69) is 32.9 Å². The van der Waals surface area contributed by atoms with Crippen molar-refractivity contribution in [3.8, 4) is 28.4 Å². The van der Waals surface area contributed by atoms with Gasteiger partial charge in [0.05, 0.1) is 19.8 Å². The SMILES string of the molecule is COc1ccc(-c2coc3c(C/C=C(\C)CCC=C(C)C)c(OC)cc(O)c3c2=O)cc1. The summed E-state index contributed by atoms with van der Waals surface area (Å²) >= 11 is 0. The molecule has 1 heterocycles. The largest absolute Gasteiger partial charge is 0.507 e. The number of rotatable bonds is 8. The lowest BCUT2D eigenvalue weighted by atomic mass is 10.00. The standard InChI is InChI=1S/C27H30O5/c1-17(2)7-6-8-18(3)9-14-21-24(31-5)15-23(28)25-26(29)22(16-32-27(21)25)19-10-12-20(30-4)13-11-19/h7,9-13,15-16,28H,6,8,14H2,1-5H3/b18-9+. The van der Waals surface area contributed by atoms with Gasteiger partial charge in [-0.2, -0.15) is 0 Å². The molecule has 5 nitrogen and oxygen atoms in total. The smallest absolute Gasteiger partial charge is 0.204 e. The molecule has 168 valence electrons. The third kappa shape index (κ3) is 5.05. The minimum Gasteiger partial charge on any atom is -0.507 e. The maximum Gasteiger partial charge on any atom is 0.204 e. The van der Waals surface area contributed by atoms with Crippen LogP contribution in [0.2, 0.25) is 0 Å². The van der Waals surface area contributed by atoms with Gasteiger partial charge >= 0.3 is 0 Å². The molecule has 3 aromatic rings. The fourth-order valence-electron chi connectivity index (χ4n) is 3.63. The van der Waals surface area contributed by atoms with Crippen molar-refractivity contribution >= 4 is 11.0 Å². The van der Waals surface area contributed by atoms with E-state index >= 15 is 0 Å². The molecule has 0 fully saturated rings. The minimum atomic E-state index is -0.290. The highest BCUT2D eigenvalue weighted by atomic mass is 16.5. The molecule has 0 radical (unpaired) electrons. The third-order valence-corrected chi connectivity index (χ3v) is 5.46. The number of allylic oxidation sites excluding steroid dienone is 4. The predicted molar refractivity (Wildman–Crippen MR) is 129 cm³/mol. The summed E-state index contributed by atoms with van der Waals surface area (Å²) in [5.74, 6) is 1.03. The lowest BCUT2D eigenvalue weighted by Crippen LogP contribution is -2.07. The Bertz CT molecular complexity index is 1210. The van der Waals surface area contributed by atoms with Crippen LogP contribution in [0, 0.1) is 0 Å². The van der Waals surface area contributed by atoms with Crippen LogP contribution < -0.4 is 14.9 Å². The van der Waals surface area contributed by atoms with Gasteiger partial charge in [0.15, 0.2) is 0 Å². The van der Waals surface area contributed by atoms with Crippen molar-refractivity contribution in [3.63, 3.8) is 0 Å². The number of phenols is 1. The molecule has 0 atom stereocenters.